The van der Waals surface area contributed by atoms with Crippen LogP contribution in [0, 0.1) is 5.92 Å². The third kappa shape index (κ3) is 5.11. The van der Waals surface area contributed by atoms with Crippen LogP contribution in [0.25, 0.3) is 0 Å². The van der Waals surface area contributed by atoms with Gasteiger partial charge in [-0.05, 0) is 44.0 Å². The normalized spacial score (nSPS) is 16.1. The van der Waals surface area contributed by atoms with Crippen LogP contribution in [0.3, 0.4) is 0 Å². The number of carbonyl (C=O) groups is 2. The Bertz CT molecular complexity index is 1130. The molecule has 0 radical (unpaired) electrons. The molecule has 4 rings (SSSR count). The maximum Gasteiger partial charge on any atom is 0.309 e. The summed E-state index contributed by atoms with van der Waals surface area (Å²) >= 11 is 0. The summed E-state index contributed by atoms with van der Waals surface area (Å²) in [7, 11) is -4.03. The van der Waals surface area contributed by atoms with Crippen molar-refractivity contribution in [3.63, 3.8) is 0 Å². The highest BCUT2D eigenvalue weighted by Gasteiger charge is 2.33. The Balaban J connectivity index is 1.57. The van der Waals surface area contributed by atoms with E-state index in [2.05, 4.69) is 0 Å². The summed E-state index contributed by atoms with van der Waals surface area (Å²) < 4.78 is 44.5. The van der Waals surface area contributed by atoms with Crippen molar-refractivity contribution >= 4 is 27.6 Å². The molecule has 2 heterocycles. The van der Waals surface area contributed by atoms with Crippen molar-refractivity contribution in [3.8, 4) is 11.5 Å². The molecule has 1 saturated heterocycles. The Morgan fingerprint density at radius 2 is 1.71 bits per heavy atom. The predicted octanol–water partition coefficient (Wildman–Crippen LogP) is 2.45. The van der Waals surface area contributed by atoms with Crippen molar-refractivity contribution in [1.29, 1.82) is 0 Å². The number of fused-ring (bicyclic) bond motifs is 1. The van der Waals surface area contributed by atoms with Gasteiger partial charge in [0.05, 0.1) is 23.1 Å². The minimum Gasteiger partial charge on any atom is -0.486 e. The summed E-state index contributed by atoms with van der Waals surface area (Å²) in [5.74, 6) is 0.126. The lowest BCUT2D eigenvalue weighted by atomic mass is 9.97. The minimum absolute atomic E-state index is 0.0821. The van der Waals surface area contributed by atoms with Crippen molar-refractivity contribution in [2.24, 2.45) is 5.92 Å². The topological polar surface area (TPSA) is 102 Å². The fourth-order valence-electron chi connectivity index (χ4n) is 4.07. The maximum absolute atomic E-state index is 13.6. The Labute approximate surface area is 199 Å². The van der Waals surface area contributed by atoms with Crippen molar-refractivity contribution in [1.82, 2.24) is 4.90 Å². The van der Waals surface area contributed by atoms with Crippen LogP contribution in [0.4, 0.5) is 5.69 Å². The first-order chi connectivity index (χ1) is 16.4. The lowest BCUT2D eigenvalue weighted by Crippen LogP contribution is -2.46. The fraction of sp³-hybridized carbons (Fsp3) is 0.417. The summed E-state index contributed by atoms with van der Waals surface area (Å²) in [6.45, 7) is 3.21. The van der Waals surface area contributed by atoms with Crippen molar-refractivity contribution in [2.75, 3.05) is 43.8 Å². The third-order valence-electron chi connectivity index (χ3n) is 5.89. The van der Waals surface area contributed by atoms with E-state index in [9.17, 15) is 18.0 Å². The third-order valence-corrected chi connectivity index (χ3v) is 7.68. The molecule has 2 aromatic carbocycles. The summed E-state index contributed by atoms with van der Waals surface area (Å²) in [5, 5.41) is 0. The van der Waals surface area contributed by atoms with E-state index in [0.29, 0.717) is 62.9 Å². The zero-order chi connectivity index (χ0) is 24.1. The number of nitrogens with zero attached hydrogens (tertiary/aromatic N) is 2. The molecular formula is C24H28N2O7S. The van der Waals surface area contributed by atoms with Gasteiger partial charge in [-0.2, -0.15) is 0 Å². The molecule has 0 unspecified atom stereocenters. The van der Waals surface area contributed by atoms with E-state index in [1.54, 1.807) is 48.2 Å². The molecule has 0 aromatic heterocycles. The van der Waals surface area contributed by atoms with Crippen molar-refractivity contribution in [2.45, 2.75) is 24.7 Å². The highest BCUT2D eigenvalue weighted by molar-refractivity contribution is 7.92. The molecule has 0 atom stereocenters. The molecule has 2 aliphatic heterocycles. The van der Waals surface area contributed by atoms with Gasteiger partial charge in [0, 0.05) is 19.2 Å². The molecule has 0 bridgehead atoms. The smallest absolute Gasteiger partial charge is 0.309 e. The number of piperidine rings is 1. The number of hydrogen-bond donors (Lipinski definition) is 0. The molecule has 0 aliphatic carbocycles. The van der Waals surface area contributed by atoms with E-state index < -0.39 is 10.0 Å². The molecule has 0 N–H and O–H groups in total. The van der Waals surface area contributed by atoms with Gasteiger partial charge in [-0.25, -0.2) is 8.42 Å². The van der Waals surface area contributed by atoms with Gasteiger partial charge in [0.25, 0.3) is 10.0 Å². The lowest BCUT2D eigenvalue weighted by molar-refractivity contribution is -0.151. The largest absolute Gasteiger partial charge is 0.486 e. The van der Waals surface area contributed by atoms with Crippen LogP contribution in [0.1, 0.15) is 19.8 Å². The second-order valence-electron chi connectivity index (χ2n) is 8.06. The van der Waals surface area contributed by atoms with Crippen LogP contribution >= 0.6 is 0 Å². The highest BCUT2D eigenvalue weighted by Crippen LogP contribution is 2.36. The number of likely N-dealkylation sites (tertiary alicyclic amines) is 1. The Hall–Kier alpha value is -3.27. The van der Waals surface area contributed by atoms with Gasteiger partial charge in [-0.15, -0.1) is 0 Å². The van der Waals surface area contributed by atoms with E-state index in [1.165, 1.54) is 12.1 Å². The number of esters is 1. The van der Waals surface area contributed by atoms with Gasteiger partial charge in [-0.1, -0.05) is 18.2 Å². The van der Waals surface area contributed by atoms with Gasteiger partial charge in [0.1, 0.15) is 19.8 Å². The average Bonchev–Trinajstić information content (AvgIpc) is 2.87. The van der Waals surface area contributed by atoms with Gasteiger partial charge < -0.3 is 19.1 Å². The lowest BCUT2D eigenvalue weighted by Gasteiger charge is -2.33. The van der Waals surface area contributed by atoms with E-state index in [0.717, 1.165) is 4.31 Å². The van der Waals surface area contributed by atoms with Crippen LogP contribution in [0.15, 0.2) is 53.4 Å². The van der Waals surface area contributed by atoms with E-state index in [1.807, 2.05) is 0 Å². The second-order valence-corrected chi connectivity index (χ2v) is 9.92. The number of benzene rings is 2. The average molecular weight is 489 g/mol. The number of amides is 1. The van der Waals surface area contributed by atoms with Crippen LogP contribution in [-0.2, 0) is 24.3 Å². The second kappa shape index (κ2) is 10.3. The fourth-order valence-corrected chi connectivity index (χ4v) is 5.50. The standard InChI is InChI=1S/C24H28N2O7S/c1-2-31-24(28)18-10-12-25(13-11-18)23(27)17-26(34(29,30)20-6-4-3-5-7-20)19-8-9-21-22(16-19)33-15-14-32-21/h3-9,16,18H,2,10-15,17H2,1H3. The van der Waals surface area contributed by atoms with Gasteiger partial charge in [0.15, 0.2) is 11.5 Å². The van der Waals surface area contributed by atoms with Crippen LogP contribution in [0.2, 0.25) is 0 Å². The molecule has 1 fully saturated rings. The summed E-state index contributed by atoms with van der Waals surface area (Å²) in [6.07, 6.45) is 0.972. The van der Waals surface area contributed by atoms with E-state index in [-0.39, 0.29) is 29.2 Å². The van der Waals surface area contributed by atoms with Gasteiger partial charge in [-0.3, -0.25) is 13.9 Å². The summed E-state index contributed by atoms with van der Waals surface area (Å²) in [6, 6.07) is 12.8. The Kier molecular flexibility index (Phi) is 7.26. The molecule has 0 spiro atoms. The number of carbonyl (C=O) groups excluding carboxylic acids is 2. The number of sulfonamides is 1. The Morgan fingerprint density at radius 1 is 1.03 bits per heavy atom. The molecule has 9 nitrogen and oxygen atoms in total. The molecule has 2 aliphatic rings. The van der Waals surface area contributed by atoms with E-state index >= 15 is 0 Å². The predicted molar refractivity (Wildman–Crippen MR) is 124 cm³/mol. The monoisotopic (exact) mass is 488 g/mol. The molecule has 10 heteroatoms. The molecule has 182 valence electrons. The Morgan fingerprint density at radius 3 is 2.38 bits per heavy atom. The molecule has 1 amide bonds. The molecule has 2 aromatic rings. The van der Waals surface area contributed by atoms with E-state index in [4.69, 9.17) is 14.2 Å². The number of rotatable bonds is 7. The zero-order valence-electron chi connectivity index (χ0n) is 19.0. The van der Waals surface area contributed by atoms with Crippen molar-refractivity contribution in [3.05, 3.63) is 48.5 Å². The quantitative estimate of drug-likeness (QED) is 0.552. The molecular weight excluding hydrogens is 460 g/mol. The zero-order valence-corrected chi connectivity index (χ0v) is 19.8. The van der Waals surface area contributed by atoms with Crippen LogP contribution in [0.5, 0.6) is 11.5 Å². The highest BCUT2D eigenvalue weighted by atomic mass is 32.2. The van der Waals surface area contributed by atoms with Crippen molar-refractivity contribution < 1.29 is 32.2 Å². The first-order valence-corrected chi connectivity index (χ1v) is 12.8. The molecule has 34 heavy (non-hydrogen) atoms. The van der Waals surface area contributed by atoms with Crippen LogP contribution < -0.4 is 13.8 Å². The number of hydrogen-bond acceptors (Lipinski definition) is 7. The molecule has 0 saturated carbocycles. The van der Waals surface area contributed by atoms with Gasteiger partial charge >= 0.3 is 5.97 Å². The summed E-state index contributed by atoms with van der Waals surface area (Å²) in [4.78, 5) is 26.9. The minimum atomic E-state index is -4.03. The van der Waals surface area contributed by atoms with Crippen LogP contribution in [-0.4, -0.2) is 64.6 Å². The SMILES string of the molecule is CCOC(=O)C1CCN(C(=O)CN(c2ccc3c(c2)OCCO3)S(=O)(=O)c2ccccc2)CC1. The summed E-state index contributed by atoms with van der Waals surface area (Å²) in [5.41, 5.74) is 0.308. The number of anilines is 1. The maximum atomic E-state index is 13.6. The first kappa shape index (κ1) is 23.9. The first-order valence-electron chi connectivity index (χ1n) is 11.3. The van der Waals surface area contributed by atoms with Gasteiger partial charge in [0.2, 0.25) is 5.91 Å². The number of ether oxygens (including phenoxy) is 3.